The molecule has 0 spiro atoms. The molecule has 1 fully saturated rings. The van der Waals surface area contributed by atoms with Crippen LogP contribution in [0.25, 0.3) is 0 Å². The molecule has 2 aromatic rings. The van der Waals surface area contributed by atoms with Gasteiger partial charge in [-0.3, -0.25) is 4.79 Å². The van der Waals surface area contributed by atoms with E-state index in [2.05, 4.69) is 41.3 Å². The molecule has 1 aliphatic rings. The fourth-order valence-corrected chi connectivity index (χ4v) is 2.68. The van der Waals surface area contributed by atoms with Crippen molar-refractivity contribution in [2.45, 2.75) is 6.92 Å². The van der Waals surface area contributed by atoms with E-state index in [1.807, 2.05) is 29.2 Å². The zero-order valence-electron chi connectivity index (χ0n) is 12.7. The summed E-state index contributed by atoms with van der Waals surface area (Å²) < 4.78 is 1.01. The van der Waals surface area contributed by atoms with E-state index in [0.717, 1.165) is 29.1 Å². The van der Waals surface area contributed by atoms with Crippen LogP contribution >= 0.6 is 15.9 Å². The first kappa shape index (κ1) is 15.7. The second-order valence-electron chi connectivity index (χ2n) is 5.26. The number of nitrogens with one attached hydrogen (secondary N) is 1. The molecule has 23 heavy (non-hydrogen) atoms. The van der Waals surface area contributed by atoms with Crippen LogP contribution in [0, 0.1) is 0 Å². The van der Waals surface area contributed by atoms with Crippen molar-refractivity contribution in [1.29, 1.82) is 0 Å². The maximum Gasteiger partial charge on any atom is 0.249 e. The standard InChI is InChI=1S/C15H17BrN6O/c1-11(23)21-6-8-22(9-7-21)14-10-17-20-15(19-14)18-13-4-2-12(16)3-5-13/h2-5,10H,6-9H2,1H3,(H,18,19,20). The van der Waals surface area contributed by atoms with Gasteiger partial charge in [0.15, 0.2) is 5.82 Å². The summed E-state index contributed by atoms with van der Waals surface area (Å²) >= 11 is 3.40. The third-order valence-corrected chi connectivity index (χ3v) is 4.22. The number of hydrogen-bond acceptors (Lipinski definition) is 6. The fraction of sp³-hybridized carbons (Fsp3) is 0.333. The van der Waals surface area contributed by atoms with Crippen LogP contribution in [-0.4, -0.2) is 52.2 Å². The van der Waals surface area contributed by atoms with Crippen LogP contribution in [0.2, 0.25) is 0 Å². The molecule has 0 unspecified atom stereocenters. The lowest BCUT2D eigenvalue weighted by Crippen LogP contribution is -2.48. The molecule has 0 saturated carbocycles. The number of piperazine rings is 1. The lowest BCUT2D eigenvalue weighted by Gasteiger charge is -2.34. The van der Waals surface area contributed by atoms with Crippen molar-refractivity contribution in [3.8, 4) is 0 Å². The first-order valence-corrected chi connectivity index (χ1v) is 8.14. The van der Waals surface area contributed by atoms with Gasteiger partial charge >= 0.3 is 0 Å². The minimum atomic E-state index is 0.114. The van der Waals surface area contributed by atoms with Gasteiger partial charge in [0.25, 0.3) is 0 Å². The second kappa shape index (κ2) is 6.91. The Kier molecular flexibility index (Phi) is 4.71. The van der Waals surface area contributed by atoms with E-state index in [0.29, 0.717) is 19.0 Å². The van der Waals surface area contributed by atoms with Crippen molar-refractivity contribution in [1.82, 2.24) is 20.1 Å². The highest BCUT2D eigenvalue weighted by Gasteiger charge is 2.20. The lowest BCUT2D eigenvalue weighted by atomic mass is 10.3. The van der Waals surface area contributed by atoms with Gasteiger partial charge in [0.05, 0.1) is 6.20 Å². The Morgan fingerprint density at radius 1 is 1.17 bits per heavy atom. The number of amides is 1. The van der Waals surface area contributed by atoms with Crippen molar-refractivity contribution in [2.75, 3.05) is 36.4 Å². The number of nitrogens with zero attached hydrogens (tertiary/aromatic N) is 5. The molecule has 1 aromatic heterocycles. The van der Waals surface area contributed by atoms with Crippen molar-refractivity contribution >= 4 is 39.3 Å². The predicted molar refractivity (Wildman–Crippen MR) is 91.7 cm³/mol. The van der Waals surface area contributed by atoms with Gasteiger partial charge in [-0.05, 0) is 24.3 Å². The van der Waals surface area contributed by atoms with Gasteiger partial charge in [0.1, 0.15) is 0 Å². The maximum absolute atomic E-state index is 11.4. The van der Waals surface area contributed by atoms with Gasteiger partial charge in [-0.2, -0.15) is 10.1 Å². The summed E-state index contributed by atoms with van der Waals surface area (Å²) in [5, 5.41) is 11.2. The number of carbonyl (C=O) groups excluding carboxylic acids is 1. The number of rotatable bonds is 3. The Morgan fingerprint density at radius 2 is 1.87 bits per heavy atom. The number of hydrogen-bond donors (Lipinski definition) is 1. The van der Waals surface area contributed by atoms with Crippen LogP contribution in [0.4, 0.5) is 17.5 Å². The van der Waals surface area contributed by atoms with Gasteiger partial charge in [-0.1, -0.05) is 15.9 Å². The van der Waals surface area contributed by atoms with E-state index < -0.39 is 0 Å². The number of halogens is 1. The highest BCUT2D eigenvalue weighted by molar-refractivity contribution is 9.10. The Labute approximate surface area is 142 Å². The SMILES string of the molecule is CC(=O)N1CCN(c2cnnc(Nc3ccc(Br)cc3)n2)CC1. The molecule has 0 aliphatic carbocycles. The predicted octanol–water partition coefficient (Wildman–Crippen LogP) is 2.05. The lowest BCUT2D eigenvalue weighted by molar-refractivity contribution is -0.129. The highest BCUT2D eigenvalue weighted by Crippen LogP contribution is 2.19. The Balaban J connectivity index is 1.68. The van der Waals surface area contributed by atoms with Gasteiger partial charge in [-0.25, -0.2) is 0 Å². The van der Waals surface area contributed by atoms with Crippen molar-refractivity contribution in [2.24, 2.45) is 0 Å². The Bertz CT molecular complexity index is 685. The number of anilines is 3. The minimum Gasteiger partial charge on any atom is -0.352 e. The summed E-state index contributed by atoms with van der Waals surface area (Å²) in [4.78, 5) is 19.8. The average molecular weight is 377 g/mol. The molecule has 2 heterocycles. The summed E-state index contributed by atoms with van der Waals surface area (Å²) in [5.41, 5.74) is 0.897. The normalized spacial score (nSPS) is 14.7. The summed E-state index contributed by atoms with van der Waals surface area (Å²) in [7, 11) is 0. The molecular weight excluding hydrogens is 360 g/mol. The van der Waals surface area contributed by atoms with Gasteiger partial charge < -0.3 is 15.1 Å². The minimum absolute atomic E-state index is 0.114. The number of carbonyl (C=O) groups is 1. The molecule has 1 aromatic carbocycles. The van der Waals surface area contributed by atoms with Gasteiger partial charge in [-0.15, -0.1) is 5.10 Å². The zero-order chi connectivity index (χ0) is 16.2. The highest BCUT2D eigenvalue weighted by atomic mass is 79.9. The molecular formula is C15H17BrN6O. The van der Waals surface area contributed by atoms with Crippen LogP contribution in [-0.2, 0) is 4.79 Å². The molecule has 0 radical (unpaired) electrons. The molecule has 120 valence electrons. The van der Waals surface area contributed by atoms with E-state index >= 15 is 0 Å². The first-order valence-electron chi connectivity index (χ1n) is 7.34. The van der Waals surface area contributed by atoms with Crippen LogP contribution in [0.5, 0.6) is 0 Å². The van der Waals surface area contributed by atoms with Crippen LogP contribution in [0.3, 0.4) is 0 Å². The number of aromatic nitrogens is 3. The topological polar surface area (TPSA) is 74.2 Å². The first-order chi connectivity index (χ1) is 11.1. The summed E-state index contributed by atoms with van der Waals surface area (Å²) in [6.45, 7) is 4.50. The molecule has 0 bridgehead atoms. The quantitative estimate of drug-likeness (QED) is 0.883. The van der Waals surface area contributed by atoms with E-state index in [1.165, 1.54) is 0 Å². The van der Waals surface area contributed by atoms with E-state index in [1.54, 1.807) is 13.1 Å². The smallest absolute Gasteiger partial charge is 0.249 e. The Morgan fingerprint density at radius 3 is 2.52 bits per heavy atom. The Hall–Kier alpha value is -2.22. The monoisotopic (exact) mass is 376 g/mol. The van der Waals surface area contributed by atoms with Crippen LogP contribution < -0.4 is 10.2 Å². The van der Waals surface area contributed by atoms with E-state index in [9.17, 15) is 4.79 Å². The second-order valence-corrected chi connectivity index (χ2v) is 6.18. The summed E-state index contributed by atoms with van der Waals surface area (Å²) in [5.74, 6) is 1.34. The molecule has 3 rings (SSSR count). The largest absolute Gasteiger partial charge is 0.352 e. The summed E-state index contributed by atoms with van der Waals surface area (Å²) in [6, 6.07) is 7.76. The maximum atomic E-state index is 11.4. The van der Waals surface area contributed by atoms with Crippen molar-refractivity contribution < 1.29 is 4.79 Å². The molecule has 1 aliphatic heterocycles. The third-order valence-electron chi connectivity index (χ3n) is 3.70. The van der Waals surface area contributed by atoms with E-state index in [-0.39, 0.29) is 5.91 Å². The van der Waals surface area contributed by atoms with Crippen molar-refractivity contribution in [3.63, 3.8) is 0 Å². The summed E-state index contributed by atoms with van der Waals surface area (Å²) in [6.07, 6.45) is 1.65. The molecule has 1 N–H and O–H groups in total. The molecule has 8 heteroatoms. The molecule has 0 atom stereocenters. The van der Waals surface area contributed by atoms with Gasteiger partial charge in [0.2, 0.25) is 11.9 Å². The van der Waals surface area contributed by atoms with Gasteiger partial charge in [0, 0.05) is 43.3 Å². The molecule has 1 saturated heterocycles. The van der Waals surface area contributed by atoms with E-state index in [4.69, 9.17) is 0 Å². The van der Waals surface area contributed by atoms with Crippen LogP contribution in [0.15, 0.2) is 34.9 Å². The van der Waals surface area contributed by atoms with Crippen molar-refractivity contribution in [3.05, 3.63) is 34.9 Å². The molecule has 7 nitrogen and oxygen atoms in total. The van der Waals surface area contributed by atoms with Crippen LogP contribution in [0.1, 0.15) is 6.92 Å². The molecule has 1 amide bonds. The number of benzene rings is 1. The zero-order valence-corrected chi connectivity index (χ0v) is 14.3. The average Bonchev–Trinajstić information content (AvgIpc) is 2.57. The fourth-order valence-electron chi connectivity index (χ4n) is 2.41. The third kappa shape index (κ3) is 3.95.